The van der Waals surface area contributed by atoms with Gasteiger partial charge in [-0.25, -0.2) is 14.3 Å². The van der Waals surface area contributed by atoms with Crippen LogP contribution in [0.4, 0.5) is 4.79 Å². The predicted molar refractivity (Wildman–Crippen MR) is 128 cm³/mol. The lowest BCUT2D eigenvalue weighted by molar-refractivity contribution is 0.0551. The summed E-state index contributed by atoms with van der Waals surface area (Å²) in [5, 5.41) is 1.63. The Morgan fingerprint density at radius 2 is 1.73 bits per heavy atom. The van der Waals surface area contributed by atoms with Crippen LogP contribution in [0.2, 0.25) is 0 Å². The van der Waals surface area contributed by atoms with Gasteiger partial charge >= 0.3 is 6.09 Å². The Labute approximate surface area is 194 Å². The van der Waals surface area contributed by atoms with Crippen molar-refractivity contribution >= 4 is 27.9 Å². The van der Waals surface area contributed by atoms with Crippen LogP contribution in [0.15, 0.2) is 24.4 Å². The largest absolute Gasteiger partial charge is 0.493 e. The maximum absolute atomic E-state index is 13.2. The summed E-state index contributed by atoms with van der Waals surface area (Å²) in [7, 11) is 3.17. The molecule has 0 spiro atoms. The van der Waals surface area contributed by atoms with E-state index >= 15 is 0 Å². The third-order valence-corrected chi connectivity index (χ3v) is 5.77. The van der Waals surface area contributed by atoms with Crippen molar-refractivity contribution in [2.45, 2.75) is 45.6 Å². The molecule has 0 atom stereocenters. The zero-order valence-corrected chi connectivity index (χ0v) is 20.1. The molecule has 0 aliphatic carbocycles. The lowest BCUT2D eigenvalue weighted by Gasteiger charge is -2.20. The molecule has 0 amide bonds. The molecule has 4 rings (SSSR count). The summed E-state index contributed by atoms with van der Waals surface area (Å²) in [5.41, 5.74) is 0.683. The van der Waals surface area contributed by atoms with Gasteiger partial charge in [0.15, 0.2) is 11.5 Å². The molecule has 178 valence electrons. The molecule has 1 aromatic carbocycles. The molecule has 0 N–H and O–H groups in total. The fraction of sp³-hybridized carbons (Fsp3) is 0.520. The number of hydrogen-bond donors (Lipinski definition) is 0. The molecule has 0 unspecified atom stereocenters. The first-order valence-corrected chi connectivity index (χ1v) is 11.5. The van der Waals surface area contributed by atoms with E-state index in [-0.39, 0.29) is 0 Å². The van der Waals surface area contributed by atoms with Gasteiger partial charge < -0.3 is 23.8 Å². The molecule has 1 saturated heterocycles. The fourth-order valence-electron chi connectivity index (χ4n) is 4.26. The van der Waals surface area contributed by atoms with Gasteiger partial charge in [-0.2, -0.15) is 0 Å². The average molecular weight is 456 g/mol. The van der Waals surface area contributed by atoms with Crippen LogP contribution in [0.3, 0.4) is 0 Å². The minimum Gasteiger partial charge on any atom is -0.493 e. The number of carbonyl (C=O) groups excluding carboxylic acids is 1. The quantitative estimate of drug-likeness (QED) is 0.471. The van der Waals surface area contributed by atoms with Crippen LogP contribution in [-0.2, 0) is 4.74 Å². The Hall–Kier alpha value is -3.00. The molecule has 1 aliphatic rings. The van der Waals surface area contributed by atoms with E-state index in [1.54, 1.807) is 31.0 Å². The molecule has 1 fully saturated rings. The zero-order valence-electron chi connectivity index (χ0n) is 20.1. The first-order chi connectivity index (χ1) is 15.8. The van der Waals surface area contributed by atoms with E-state index in [0.717, 1.165) is 23.7 Å². The van der Waals surface area contributed by atoms with E-state index in [1.165, 1.54) is 25.9 Å². The number of pyridine rings is 1. The van der Waals surface area contributed by atoms with Crippen LogP contribution in [0, 0.1) is 0 Å². The average Bonchev–Trinajstić information content (AvgIpc) is 3.39. The zero-order chi connectivity index (χ0) is 23.6. The highest BCUT2D eigenvalue weighted by Crippen LogP contribution is 2.38. The van der Waals surface area contributed by atoms with Crippen LogP contribution < -0.4 is 14.2 Å². The molecule has 0 bridgehead atoms. The molecule has 8 heteroatoms. The maximum Gasteiger partial charge on any atom is 0.419 e. The van der Waals surface area contributed by atoms with Crippen LogP contribution in [0.5, 0.6) is 17.4 Å². The second kappa shape index (κ2) is 9.47. The van der Waals surface area contributed by atoms with E-state index in [0.29, 0.717) is 35.0 Å². The van der Waals surface area contributed by atoms with E-state index in [1.807, 2.05) is 32.9 Å². The Morgan fingerprint density at radius 1 is 1.00 bits per heavy atom. The smallest absolute Gasteiger partial charge is 0.419 e. The molecule has 3 aromatic rings. The van der Waals surface area contributed by atoms with Crippen LogP contribution >= 0.6 is 0 Å². The first kappa shape index (κ1) is 23.2. The van der Waals surface area contributed by atoms with Gasteiger partial charge in [-0.1, -0.05) is 0 Å². The molecular weight excluding hydrogens is 422 g/mol. The standard InChI is InChI=1S/C25H33N3O5/c1-25(2,3)33-24(29)28-19-14-22(32-12-8-11-27-9-6-7-10-27)21(30-4)13-17(19)18-16-26-23(31-5)15-20(18)28/h13-16H,6-12H2,1-5H3. The van der Waals surface area contributed by atoms with Gasteiger partial charge in [-0.05, 0) is 59.2 Å². The SMILES string of the molecule is COc1cc2c(cn1)c1cc(OC)c(OCCCN3CCCC3)cc1n2C(=O)OC(C)(C)C. The molecule has 1 aliphatic heterocycles. The molecular formula is C25H33N3O5. The number of rotatable bonds is 7. The number of aromatic nitrogens is 2. The van der Waals surface area contributed by atoms with E-state index in [4.69, 9.17) is 18.9 Å². The van der Waals surface area contributed by atoms with Crippen LogP contribution in [0.25, 0.3) is 21.8 Å². The number of carbonyl (C=O) groups is 1. The lowest BCUT2D eigenvalue weighted by atomic mass is 10.2. The topological polar surface area (TPSA) is 75.0 Å². The number of fused-ring (bicyclic) bond motifs is 3. The summed E-state index contributed by atoms with van der Waals surface area (Å²) >= 11 is 0. The summed E-state index contributed by atoms with van der Waals surface area (Å²) in [4.78, 5) is 20.0. The van der Waals surface area contributed by atoms with Crippen molar-refractivity contribution in [3.8, 4) is 17.4 Å². The third-order valence-electron chi connectivity index (χ3n) is 5.77. The van der Waals surface area contributed by atoms with Gasteiger partial charge in [0.25, 0.3) is 0 Å². The van der Waals surface area contributed by atoms with Crippen molar-refractivity contribution in [3.63, 3.8) is 0 Å². The molecule has 33 heavy (non-hydrogen) atoms. The number of hydrogen-bond acceptors (Lipinski definition) is 7. The summed E-state index contributed by atoms with van der Waals surface area (Å²) in [6.45, 7) is 9.47. The van der Waals surface area contributed by atoms with Crippen molar-refractivity contribution < 1.29 is 23.7 Å². The monoisotopic (exact) mass is 455 g/mol. The van der Waals surface area contributed by atoms with Crippen LogP contribution in [0.1, 0.15) is 40.0 Å². The number of likely N-dealkylation sites (tertiary alicyclic amines) is 1. The van der Waals surface area contributed by atoms with Gasteiger partial charge in [0.1, 0.15) is 5.60 Å². The summed E-state index contributed by atoms with van der Waals surface area (Å²) in [5.74, 6) is 1.63. The normalized spacial score (nSPS) is 14.7. The van der Waals surface area contributed by atoms with E-state index in [9.17, 15) is 4.79 Å². The molecule has 2 aromatic heterocycles. The Morgan fingerprint density at radius 3 is 2.39 bits per heavy atom. The number of nitrogens with zero attached hydrogens (tertiary/aromatic N) is 3. The van der Waals surface area contributed by atoms with Crippen molar-refractivity contribution in [2.75, 3.05) is 40.5 Å². The highest BCUT2D eigenvalue weighted by Gasteiger charge is 2.24. The third kappa shape index (κ3) is 5.00. The van der Waals surface area contributed by atoms with Crippen molar-refractivity contribution in [1.29, 1.82) is 0 Å². The molecule has 0 radical (unpaired) electrons. The molecule has 3 heterocycles. The van der Waals surface area contributed by atoms with Gasteiger partial charge in [-0.15, -0.1) is 0 Å². The molecule has 8 nitrogen and oxygen atoms in total. The van der Waals surface area contributed by atoms with Crippen molar-refractivity contribution in [1.82, 2.24) is 14.5 Å². The summed E-state index contributed by atoms with van der Waals surface area (Å²) in [6, 6.07) is 5.48. The molecule has 0 saturated carbocycles. The predicted octanol–water partition coefficient (Wildman–Crippen LogP) is 4.85. The minimum absolute atomic E-state index is 0.417. The number of methoxy groups -OCH3 is 2. The highest BCUT2D eigenvalue weighted by atomic mass is 16.6. The van der Waals surface area contributed by atoms with E-state index in [2.05, 4.69) is 9.88 Å². The lowest BCUT2D eigenvalue weighted by Crippen LogP contribution is -2.27. The summed E-state index contributed by atoms with van der Waals surface area (Å²) in [6.07, 6.45) is 4.71. The Balaban J connectivity index is 1.73. The summed E-state index contributed by atoms with van der Waals surface area (Å²) < 4.78 is 24.3. The van der Waals surface area contributed by atoms with Gasteiger partial charge in [0.2, 0.25) is 5.88 Å². The fourth-order valence-corrected chi connectivity index (χ4v) is 4.26. The Bertz CT molecular complexity index is 1140. The van der Waals surface area contributed by atoms with Gasteiger partial charge in [0, 0.05) is 35.6 Å². The number of ether oxygens (including phenoxy) is 4. The second-order valence-electron chi connectivity index (χ2n) is 9.33. The van der Waals surface area contributed by atoms with Gasteiger partial charge in [0.05, 0.1) is 31.9 Å². The van der Waals surface area contributed by atoms with Crippen LogP contribution in [-0.4, -0.2) is 66.6 Å². The number of benzene rings is 1. The minimum atomic E-state index is -0.640. The first-order valence-electron chi connectivity index (χ1n) is 11.5. The maximum atomic E-state index is 13.2. The van der Waals surface area contributed by atoms with E-state index < -0.39 is 11.7 Å². The Kier molecular flexibility index (Phi) is 6.65. The van der Waals surface area contributed by atoms with Crippen molar-refractivity contribution in [3.05, 3.63) is 24.4 Å². The van der Waals surface area contributed by atoms with Crippen molar-refractivity contribution in [2.24, 2.45) is 0 Å². The second-order valence-corrected chi connectivity index (χ2v) is 9.33. The van der Waals surface area contributed by atoms with Gasteiger partial charge in [-0.3, -0.25) is 0 Å². The highest BCUT2D eigenvalue weighted by molar-refractivity contribution is 6.13.